The first kappa shape index (κ1) is 18.7. The minimum Gasteiger partial charge on any atom is -0.497 e. The largest absolute Gasteiger partial charge is 0.497 e. The van der Waals surface area contributed by atoms with Crippen molar-refractivity contribution in [1.82, 2.24) is 5.32 Å². The number of hydrogen-bond acceptors (Lipinski definition) is 4. The number of amides is 1. The van der Waals surface area contributed by atoms with Gasteiger partial charge < -0.3 is 10.1 Å². The van der Waals surface area contributed by atoms with Crippen LogP contribution < -0.4 is 10.1 Å². The van der Waals surface area contributed by atoms with E-state index in [0.29, 0.717) is 6.54 Å². The minimum absolute atomic E-state index is 0.0697. The summed E-state index contributed by atoms with van der Waals surface area (Å²) in [7, 11) is 1.65. The van der Waals surface area contributed by atoms with E-state index in [1.807, 2.05) is 31.2 Å². The van der Waals surface area contributed by atoms with Gasteiger partial charge in [0.25, 0.3) is 0 Å². The van der Waals surface area contributed by atoms with Gasteiger partial charge in [-0.05, 0) is 50.2 Å². The van der Waals surface area contributed by atoms with Crippen molar-refractivity contribution in [1.29, 1.82) is 0 Å². The lowest BCUT2D eigenvalue weighted by molar-refractivity contribution is -0.120. The average molecular weight is 362 g/mol. The molecule has 2 aromatic rings. The summed E-state index contributed by atoms with van der Waals surface area (Å²) in [5.41, 5.74) is 1.26. The molecule has 0 aromatic heterocycles. The van der Waals surface area contributed by atoms with E-state index >= 15 is 0 Å². The molecule has 1 atom stereocenters. The Morgan fingerprint density at radius 2 is 1.71 bits per heavy atom. The number of carbonyl (C=O) groups is 1. The van der Waals surface area contributed by atoms with E-state index in [1.165, 1.54) is 10.5 Å². The van der Waals surface area contributed by atoms with Crippen LogP contribution in [0.1, 0.15) is 12.5 Å². The average Bonchev–Trinajstić information content (AvgIpc) is 2.60. The summed E-state index contributed by atoms with van der Waals surface area (Å²) in [5.74, 6) is 1.76. The smallest absolute Gasteiger partial charge is 0.233 e. The van der Waals surface area contributed by atoms with Gasteiger partial charge in [-0.2, -0.15) is 0 Å². The van der Waals surface area contributed by atoms with Crippen LogP contribution in [0.5, 0.6) is 5.75 Å². The Hall–Kier alpha value is -1.59. The highest BCUT2D eigenvalue weighted by Crippen LogP contribution is 2.25. The molecule has 2 aromatic carbocycles. The zero-order chi connectivity index (χ0) is 17.4. The zero-order valence-electron chi connectivity index (χ0n) is 14.2. The van der Waals surface area contributed by atoms with Gasteiger partial charge in [0, 0.05) is 22.1 Å². The summed E-state index contributed by atoms with van der Waals surface area (Å²) in [4.78, 5) is 14.5. The highest BCUT2D eigenvalue weighted by molar-refractivity contribution is 8.00. The van der Waals surface area contributed by atoms with Crippen LogP contribution in [0.25, 0.3) is 0 Å². The van der Waals surface area contributed by atoms with Gasteiger partial charge in [-0.25, -0.2) is 0 Å². The summed E-state index contributed by atoms with van der Waals surface area (Å²) in [6.07, 6.45) is 0. The normalized spacial score (nSPS) is 11.8. The first-order chi connectivity index (χ1) is 11.6. The fourth-order valence-electron chi connectivity index (χ4n) is 2.03. The van der Waals surface area contributed by atoms with E-state index in [-0.39, 0.29) is 11.2 Å². The molecule has 5 heteroatoms. The Labute approximate surface area is 152 Å². The molecule has 128 valence electrons. The van der Waals surface area contributed by atoms with Crippen LogP contribution in [0.4, 0.5) is 0 Å². The molecule has 0 radical (unpaired) electrons. The molecule has 0 heterocycles. The maximum Gasteiger partial charge on any atom is 0.233 e. The number of thioether (sulfide) groups is 2. The first-order valence-corrected chi connectivity index (χ1v) is 9.73. The van der Waals surface area contributed by atoms with Gasteiger partial charge >= 0.3 is 0 Å². The Kier molecular flexibility index (Phi) is 7.53. The van der Waals surface area contributed by atoms with E-state index in [9.17, 15) is 4.79 Å². The number of carbonyl (C=O) groups excluding carboxylic acids is 1. The summed E-state index contributed by atoms with van der Waals surface area (Å²) >= 11 is 3.31. The van der Waals surface area contributed by atoms with Gasteiger partial charge in [0.1, 0.15) is 5.75 Å². The van der Waals surface area contributed by atoms with Crippen LogP contribution >= 0.6 is 23.5 Å². The van der Waals surface area contributed by atoms with E-state index in [1.54, 1.807) is 30.6 Å². The Bertz CT molecular complexity index is 641. The van der Waals surface area contributed by atoms with E-state index < -0.39 is 0 Å². The molecule has 1 amide bonds. The molecule has 0 bridgehead atoms. The van der Waals surface area contributed by atoms with Gasteiger partial charge in [-0.15, -0.1) is 23.5 Å². The number of ether oxygens (including phenoxy) is 1. The number of benzene rings is 2. The minimum atomic E-state index is -0.122. The molecule has 0 spiro atoms. The number of methoxy groups -OCH3 is 1. The zero-order valence-corrected chi connectivity index (χ0v) is 15.9. The highest BCUT2D eigenvalue weighted by Gasteiger charge is 2.13. The van der Waals surface area contributed by atoms with Crippen molar-refractivity contribution >= 4 is 29.4 Å². The first-order valence-electron chi connectivity index (χ1n) is 7.86. The van der Waals surface area contributed by atoms with Crippen molar-refractivity contribution in [3.05, 3.63) is 54.1 Å². The second-order valence-electron chi connectivity index (χ2n) is 5.39. The highest BCUT2D eigenvalue weighted by atomic mass is 32.2. The summed E-state index contributed by atoms with van der Waals surface area (Å²) in [6, 6.07) is 16.2. The fraction of sp³-hybridized carbons (Fsp3) is 0.316. The third-order valence-corrected chi connectivity index (χ3v) is 5.56. The number of aryl methyl sites for hydroxylation is 1. The SMILES string of the molecule is COc1ccc(SC(C)C(=O)NCCSc2ccc(C)cc2)cc1. The molecule has 1 unspecified atom stereocenters. The van der Waals surface area contributed by atoms with Crippen molar-refractivity contribution < 1.29 is 9.53 Å². The summed E-state index contributed by atoms with van der Waals surface area (Å²) in [6.45, 7) is 4.68. The van der Waals surface area contributed by atoms with Gasteiger partial charge in [-0.1, -0.05) is 17.7 Å². The summed E-state index contributed by atoms with van der Waals surface area (Å²) in [5, 5.41) is 2.88. The molecular weight excluding hydrogens is 338 g/mol. The molecule has 1 N–H and O–H groups in total. The molecule has 0 saturated carbocycles. The molecule has 0 fully saturated rings. The summed E-state index contributed by atoms with van der Waals surface area (Å²) < 4.78 is 5.14. The van der Waals surface area contributed by atoms with E-state index in [0.717, 1.165) is 16.4 Å². The van der Waals surface area contributed by atoms with Crippen molar-refractivity contribution in [2.75, 3.05) is 19.4 Å². The molecule has 24 heavy (non-hydrogen) atoms. The predicted molar refractivity (Wildman–Crippen MR) is 103 cm³/mol. The number of hydrogen-bond donors (Lipinski definition) is 1. The Morgan fingerprint density at radius 1 is 1.08 bits per heavy atom. The lowest BCUT2D eigenvalue weighted by atomic mass is 10.2. The molecule has 0 aliphatic heterocycles. The van der Waals surface area contributed by atoms with Crippen LogP contribution in [-0.4, -0.2) is 30.6 Å². The van der Waals surface area contributed by atoms with Crippen LogP contribution in [-0.2, 0) is 4.79 Å². The molecule has 2 rings (SSSR count). The van der Waals surface area contributed by atoms with Crippen LogP contribution in [0.15, 0.2) is 58.3 Å². The second-order valence-corrected chi connectivity index (χ2v) is 7.97. The quantitative estimate of drug-likeness (QED) is 0.559. The van der Waals surface area contributed by atoms with Crippen molar-refractivity contribution in [3.8, 4) is 5.75 Å². The number of rotatable bonds is 8. The molecular formula is C19H23NO2S2. The van der Waals surface area contributed by atoms with E-state index in [4.69, 9.17) is 4.74 Å². The fourth-order valence-corrected chi connectivity index (χ4v) is 3.69. The van der Waals surface area contributed by atoms with Gasteiger partial charge in [0.15, 0.2) is 0 Å². The second kappa shape index (κ2) is 9.64. The van der Waals surface area contributed by atoms with Gasteiger partial charge in [0.05, 0.1) is 12.4 Å². The van der Waals surface area contributed by atoms with Gasteiger partial charge in [0.2, 0.25) is 5.91 Å². The molecule has 0 aliphatic carbocycles. The molecule has 3 nitrogen and oxygen atoms in total. The van der Waals surface area contributed by atoms with Crippen molar-refractivity contribution in [3.63, 3.8) is 0 Å². The third-order valence-electron chi connectivity index (χ3n) is 3.43. The molecule has 0 aliphatic rings. The lowest BCUT2D eigenvalue weighted by Gasteiger charge is -2.12. The Balaban J connectivity index is 1.70. The lowest BCUT2D eigenvalue weighted by Crippen LogP contribution is -2.32. The van der Waals surface area contributed by atoms with Gasteiger partial charge in [-0.3, -0.25) is 4.79 Å². The van der Waals surface area contributed by atoms with Crippen LogP contribution in [0, 0.1) is 6.92 Å². The third kappa shape index (κ3) is 6.13. The predicted octanol–water partition coefficient (Wildman–Crippen LogP) is 4.39. The molecule has 0 saturated heterocycles. The van der Waals surface area contributed by atoms with Crippen LogP contribution in [0.2, 0.25) is 0 Å². The van der Waals surface area contributed by atoms with Crippen LogP contribution in [0.3, 0.4) is 0 Å². The number of nitrogens with one attached hydrogen (secondary N) is 1. The van der Waals surface area contributed by atoms with Crippen molar-refractivity contribution in [2.45, 2.75) is 28.9 Å². The van der Waals surface area contributed by atoms with E-state index in [2.05, 4.69) is 36.5 Å². The maximum absolute atomic E-state index is 12.2. The van der Waals surface area contributed by atoms with Crippen molar-refractivity contribution in [2.24, 2.45) is 0 Å². The Morgan fingerprint density at radius 3 is 2.33 bits per heavy atom. The topological polar surface area (TPSA) is 38.3 Å². The monoisotopic (exact) mass is 361 g/mol. The maximum atomic E-state index is 12.2. The standard InChI is InChI=1S/C19H23NO2S2/c1-14-4-8-17(9-5-14)23-13-12-20-19(21)15(2)24-18-10-6-16(22-3)7-11-18/h4-11,15H,12-13H2,1-3H3,(H,20,21).